The molecule has 0 unspecified atom stereocenters. The number of hydrogen-bond acceptors (Lipinski definition) is 1. The van der Waals surface area contributed by atoms with E-state index in [-0.39, 0.29) is 11.4 Å². The fourth-order valence-corrected chi connectivity index (χ4v) is 3.31. The van der Waals surface area contributed by atoms with Gasteiger partial charge in [0.25, 0.3) is 5.91 Å². The number of amides is 1. The van der Waals surface area contributed by atoms with E-state index in [2.05, 4.69) is 21.2 Å². The van der Waals surface area contributed by atoms with Crippen molar-refractivity contribution in [3.8, 4) is 0 Å². The van der Waals surface area contributed by atoms with Gasteiger partial charge in [0.1, 0.15) is 0 Å². The molecule has 108 valence electrons. The summed E-state index contributed by atoms with van der Waals surface area (Å²) in [5, 5.41) is 3.92. The van der Waals surface area contributed by atoms with E-state index in [1.54, 1.807) is 0 Å². The predicted molar refractivity (Wildman–Crippen MR) is 88.6 cm³/mol. The molecule has 0 heterocycles. The molecule has 21 heavy (non-hydrogen) atoms. The fraction of sp³-hybridized carbons (Fsp3) is 0.235. The zero-order valence-electron chi connectivity index (χ0n) is 11.4. The van der Waals surface area contributed by atoms with Crippen molar-refractivity contribution in [2.24, 2.45) is 0 Å². The lowest BCUT2D eigenvalue weighted by Gasteiger charge is -2.43. The normalized spacial score (nSPS) is 16.1. The van der Waals surface area contributed by atoms with Crippen LogP contribution in [-0.2, 0) is 5.54 Å². The highest BCUT2D eigenvalue weighted by molar-refractivity contribution is 9.10. The lowest BCUT2D eigenvalue weighted by Crippen LogP contribution is -2.50. The maximum absolute atomic E-state index is 12.5. The highest BCUT2D eigenvalue weighted by Crippen LogP contribution is 2.41. The monoisotopic (exact) mass is 363 g/mol. The zero-order valence-corrected chi connectivity index (χ0v) is 13.7. The number of halogens is 2. The average molecular weight is 365 g/mol. The number of hydrogen-bond donors (Lipinski definition) is 1. The van der Waals surface area contributed by atoms with Crippen molar-refractivity contribution in [3.05, 3.63) is 69.2 Å². The van der Waals surface area contributed by atoms with Crippen molar-refractivity contribution < 1.29 is 4.79 Å². The summed E-state index contributed by atoms with van der Waals surface area (Å²) in [5.74, 6) is -0.0443. The lowest BCUT2D eigenvalue weighted by molar-refractivity contribution is 0.0822. The highest BCUT2D eigenvalue weighted by Gasteiger charge is 2.40. The Morgan fingerprint density at radius 1 is 1.10 bits per heavy atom. The van der Waals surface area contributed by atoms with E-state index in [1.165, 1.54) is 0 Å². The third kappa shape index (κ3) is 2.85. The summed E-state index contributed by atoms with van der Waals surface area (Å²) in [6, 6.07) is 15.2. The summed E-state index contributed by atoms with van der Waals surface area (Å²) in [6.07, 6.45) is 3.05. The smallest absolute Gasteiger partial charge is 0.253 e. The molecule has 4 heteroatoms. The third-order valence-electron chi connectivity index (χ3n) is 4.08. The van der Waals surface area contributed by atoms with Crippen LogP contribution in [0.3, 0.4) is 0 Å². The average Bonchev–Trinajstić information content (AvgIpc) is 2.44. The summed E-state index contributed by atoms with van der Waals surface area (Å²) >= 11 is 9.38. The number of carbonyl (C=O) groups excluding carboxylic acids is 1. The van der Waals surface area contributed by atoms with Crippen LogP contribution >= 0.6 is 27.5 Å². The number of nitrogens with one attached hydrogen (secondary N) is 1. The van der Waals surface area contributed by atoms with E-state index in [1.807, 2.05) is 48.5 Å². The maximum atomic E-state index is 12.5. The molecular weight excluding hydrogens is 350 g/mol. The number of benzene rings is 2. The molecule has 0 aliphatic heterocycles. The minimum atomic E-state index is -0.253. The largest absolute Gasteiger partial charge is 0.342 e. The van der Waals surface area contributed by atoms with Gasteiger partial charge in [-0.25, -0.2) is 0 Å². The number of carbonyl (C=O) groups is 1. The molecule has 1 N–H and O–H groups in total. The second kappa shape index (κ2) is 5.82. The Bertz CT molecular complexity index is 665. The van der Waals surface area contributed by atoms with Gasteiger partial charge in [0.2, 0.25) is 0 Å². The van der Waals surface area contributed by atoms with E-state index in [9.17, 15) is 4.79 Å². The van der Waals surface area contributed by atoms with Gasteiger partial charge in [-0.05, 0) is 65.0 Å². The summed E-state index contributed by atoms with van der Waals surface area (Å²) in [5.41, 5.74) is 1.54. The maximum Gasteiger partial charge on any atom is 0.253 e. The van der Waals surface area contributed by atoms with Gasteiger partial charge in [0.05, 0.1) is 11.1 Å². The van der Waals surface area contributed by atoms with E-state index in [0.29, 0.717) is 10.6 Å². The Labute approximate surface area is 137 Å². The van der Waals surface area contributed by atoms with Gasteiger partial charge >= 0.3 is 0 Å². The van der Waals surface area contributed by atoms with Crippen molar-refractivity contribution in [2.45, 2.75) is 24.8 Å². The first-order valence-electron chi connectivity index (χ1n) is 6.94. The SMILES string of the molecule is O=C(NC1(c2ccc(Cl)cc2)CCC1)c1ccccc1Br. The molecule has 0 spiro atoms. The summed E-state index contributed by atoms with van der Waals surface area (Å²) < 4.78 is 0.813. The van der Waals surface area contributed by atoms with Crippen LogP contribution in [0.2, 0.25) is 5.02 Å². The van der Waals surface area contributed by atoms with Gasteiger partial charge in [-0.2, -0.15) is 0 Å². The Kier molecular flexibility index (Phi) is 4.05. The molecule has 2 aromatic rings. The predicted octanol–water partition coefficient (Wildman–Crippen LogP) is 4.91. The molecule has 0 atom stereocenters. The van der Waals surface area contributed by atoms with Crippen LogP contribution in [0, 0.1) is 0 Å². The summed E-state index contributed by atoms with van der Waals surface area (Å²) in [6.45, 7) is 0. The van der Waals surface area contributed by atoms with E-state index >= 15 is 0 Å². The molecule has 1 aliphatic carbocycles. The molecule has 0 bridgehead atoms. The van der Waals surface area contributed by atoms with Crippen LogP contribution < -0.4 is 5.32 Å². The second-order valence-electron chi connectivity index (χ2n) is 5.38. The Morgan fingerprint density at radius 3 is 2.33 bits per heavy atom. The minimum Gasteiger partial charge on any atom is -0.342 e. The van der Waals surface area contributed by atoms with Crippen LogP contribution in [0.5, 0.6) is 0 Å². The van der Waals surface area contributed by atoms with Gasteiger partial charge in [-0.15, -0.1) is 0 Å². The Hall–Kier alpha value is -1.32. The van der Waals surface area contributed by atoms with Crippen LogP contribution in [-0.4, -0.2) is 5.91 Å². The molecule has 1 fully saturated rings. The molecule has 1 aliphatic rings. The van der Waals surface area contributed by atoms with Crippen molar-refractivity contribution in [3.63, 3.8) is 0 Å². The zero-order chi connectivity index (χ0) is 14.9. The van der Waals surface area contributed by atoms with Crippen molar-refractivity contribution in [1.29, 1.82) is 0 Å². The van der Waals surface area contributed by atoms with Crippen molar-refractivity contribution in [1.82, 2.24) is 5.32 Å². The van der Waals surface area contributed by atoms with Gasteiger partial charge in [0.15, 0.2) is 0 Å². The quantitative estimate of drug-likeness (QED) is 0.823. The minimum absolute atomic E-state index is 0.0443. The molecule has 0 radical (unpaired) electrons. The summed E-state index contributed by atoms with van der Waals surface area (Å²) in [4.78, 5) is 12.5. The molecule has 0 aromatic heterocycles. The molecule has 3 rings (SSSR count). The van der Waals surface area contributed by atoms with Gasteiger partial charge in [0, 0.05) is 9.50 Å². The third-order valence-corrected chi connectivity index (χ3v) is 5.02. The topological polar surface area (TPSA) is 29.1 Å². The van der Waals surface area contributed by atoms with Gasteiger partial charge < -0.3 is 5.32 Å². The van der Waals surface area contributed by atoms with Crippen molar-refractivity contribution in [2.75, 3.05) is 0 Å². The Balaban J connectivity index is 1.86. The van der Waals surface area contributed by atoms with E-state index in [4.69, 9.17) is 11.6 Å². The molecular formula is C17H15BrClNO. The van der Waals surface area contributed by atoms with Crippen molar-refractivity contribution >= 4 is 33.4 Å². The van der Waals surface area contributed by atoms with Crippen LogP contribution in [0.4, 0.5) is 0 Å². The highest BCUT2D eigenvalue weighted by atomic mass is 79.9. The first-order valence-corrected chi connectivity index (χ1v) is 8.11. The molecule has 0 saturated heterocycles. The first kappa shape index (κ1) is 14.6. The lowest BCUT2D eigenvalue weighted by atomic mass is 9.71. The second-order valence-corrected chi connectivity index (χ2v) is 6.67. The first-order chi connectivity index (χ1) is 10.1. The van der Waals surface area contributed by atoms with E-state index in [0.717, 1.165) is 29.3 Å². The standard InChI is InChI=1S/C17H15BrClNO/c18-15-5-2-1-4-14(15)16(21)20-17(10-3-11-17)12-6-8-13(19)9-7-12/h1-2,4-9H,3,10-11H2,(H,20,21). The summed E-state index contributed by atoms with van der Waals surface area (Å²) in [7, 11) is 0. The van der Waals surface area contributed by atoms with Gasteiger partial charge in [-0.1, -0.05) is 35.9 Å². The molecule has 2 nitrogen and oxygen atoms in total. The Morgan fingerprint density at radius 2 is 1.76 bits per heavy atom. The fourth-order valence-electron chi connectivity index (χ4n) is 2.72. The van der Waals surface area contributed by atoms with E-state index < -0.39 is 0 Å². The molecule has 1 saturated carbocycles. The van der Waals surface area contributed by atoms with Crippen LogP contribution in [0.25, 0.3) is 0 Å². The molecule has 2 aromatic carbocycles. The molecule has 1 amide bonds. The van der Waals surface area contributed by atoms with Crippen LogP contribution in [0.1, 0.15) is 35.2 Å². The van der Waals surface area contributed by atoms with Crippen LogP contribution in [0.15, 0.2) is 53.0 Å². The number of rotatable bonds is 3. The van der Waals surface area contributed by atoms with Gasteiger partial charge in [-0.3, -0.25) is 4.79 Å².